The second-order valence-corrected chi connectivity index (χ2v) is 8.79. The zero-order valence-corrected chi connectivity index (χ0v) is 15.7. The lowest BCUT2D eigenvalue weighted by Gasteiger charge is -2.12. The van der Waals surface area contributed by atoms with Crippen LogP contribution in [0.2, 0.25) is 0 Å². The van der Waals surface area contributed by atoms with Gasteiger partial charge in [-0.25, -0.2) is 22.8 Å². The normalized spacial score (nSPS) is 18.2. The Labute approximate surface area is 157 Å². The summed E-state index contributed by atoms with van der Waals surface area (Å²) in [5.74, 6) is -0.285. The Bertz CT molecular complexity index is 949. The summed E-state index contributed by atoms with van der Waals surface area (Å²) in [5.41, 5.74) is 1.30. The molecule has 0 saturated carbocycles. The first-order valence-corrected chi connectivity index (χ1v) is 10.5. The van der Waals surface area contributed by atoms with Gasteiger partial charge in [-0.3, -0.25) is 4.79 Å². The van der Waals surface area contributed by atoms with Gasteiger partial charge in [-0.1, -0.05) is 18.2 Å². The molecular formula is C18H21FN4O3S. The van der Waals surface area contributed by atoms with Gasteiger partial charge in [0.2, 0.25) is 5.95 Å². The molecule has 1 fully saturated rings. The van der Waals surface area contributed by atoms with Gasteiger partial charge in [0.25, 0.3) is 5.91 Å². The van der Waals surface area contributed by atoms with Crippen LogP contribution in [0.3, 0.4) is 0 Å². The van der Waals surface area contributed by atoms with Crippen LogP contribution < -0.4 is 10.6 Å². The maximum absolute atomic E-state index is 13.6. The number of sulfone groups is 1. The Morgan fingerprint density at radius 3 is 2.78 bits per heavy atom. The van der Waals surface area contributed by atoms with Gasteiger partial charge in [-0.15, -0.1) is 0 Å². The van der Waals surface area contributed by atoms with E-state index in [0.717, 1.165) is 0 Å². The van der Waals surface area contributed by atoms with Gasteiger partial charge >= 0.3 is 0 Å². The Morgan fingerprint density at radius 2 is 2.07 bits per heavy atom. The fourth-order valence-electron chi connectivity index (χ4n) is 2.94. The zero-order chi connectivity index (χ0) is 19.4. The molecule has 1 unspecified atom stereocenters. The van der Waals surface area contributed by atoms with Crippen molar-refractivity contribution in [2.75, 3.05) is 23.4 Å². The van der Waals surface area contributed by atoms with E-state index in [4.69, 9.17) is 0 Å². The summed E-state index contributed by atoms with van der Waals surface area (Å²) in [6.07, 6.45) is 0.858. The Kier molecular flexibility index (Phi) is 5.69. The molecule has 1 amide bonds. The van der Waals surface area contributed by atoms with E-state index in [0.29, 0.717) is 24.1 Å². The molecule has 1 aliphatic heterocycles. The third-order valence-corrected chi connectivity index (χ3v) is 6.06. The average Bonchev–Trinajstić information content (AvgIpc) is 2.94. The van der Waals surface area contributed by atoms with E-state index in [1.807, 2.05) is 0 Å². The van der Waals surface area contributed by atoms with Gasteiger partial charge in [-0.2, -0.15) is 0 Å². The molecule has 0 radical (unpaired) electrons. The maximum Gasteiger partial charge on any atom is 0.270 e. The van der Waals surface area contributed by atoms with Gasteiger partial charge in [0, 0.05) is 18.3 Å². The molecule has 2 N–H and O–H groups in total. The highest BCUT2D eigenvalue weighted by molar-refractivity contribution is 7.91. The minimum atomic E-state index is -3.02. The van der Waals surface area contributed by atoms with E-state index in [1.54, 1.807) is 31.2 Å². The van der Waals surface area contributed by atoms with Crippen molar-refractivity contribution in [3.63, 3.8) is 0 Å². The fraction of sp³-hybridized carbons (Fsp3) is 0.389. The van der Waals surface area contributed by atoms with E-state index in [1.165, 1.54) is 6.07 Å². The number of hydrogen-bond donors (Lipinski definition) is 2. The van der Waals surface area contributed by atoms with Gasteiger partial charge in [-0.05, 0) is 37.5 Å². The number of aromatic nitrogens is 2. The number of nitrogens with zero attached hydrogens (tertiary/aromatic N) is 2. The van der Waals surface area contributed by atoms with Crippen molar-refractivity contribution < 1.29 is 17.6 Å². The number of amides is 1. The molecule has 9 heteroatoms. The molecular weight excluding hydrogens is 371 g/mol. The number of anilines is 1. The van der Waals surface area contributed by atoms with E-state index in [9.17, 15) is 17.6 Å². The number of benzene rings is 1. The summed E-state index contributed by atoms with van der Waals surface area (Å²) >= 11 is 0. The second kappa shape index (κ2) is 7.99. The lowest BCUT2D eigenvalue weighted by atomic mass is 10.1. The van der Waals surface area contributed by atoms with Crippen molar-refractivity contribution in [1.29, 1.82) is 0 Å². The highest BCUT2D eigenvalue weighted by Crippen LogP contribution is 2.16. The number of rotatable bonds is 6. The van der Waals surface area contributed by atoms with Crippen LogP contribution in [0.25, 0.3) is 0 Å². The monoisotopic (exact) mass is 392 g/mol. The molecule has 144 valence electrons. The topological polar surface area (TPSA) is 101 Å². The summed E-state index contributed by atoms with van der Waals surface area (Å²) in [6.45, 7) is 2.00. The molecule has 2 aromatic rings. The molecule has 3 rings (SSSR count). The van der Waals surface area contributed by atoms with Gasteiger partial charge in [0.15, 0.2) is 9.84 Å². The predicted molar refractivity (Wildman–Crippen MR) is 99.9 cm³/mol. The standard InChI is InChI=1S/C18H21FN4O3S/c1-12-10-16(17(24)20-8-6-13-4-2-3-5-15(13)19)23-18(21-12)22-14-7-9-27(25,26)11-14/h2-5,10,14H,6-9,11H2,1H3,(H,20,24)(H,21,22,23). The molecule has 1 aliphatic rings. The Hall–Kier alpha value is -2.55. The van der Waals surface area contributed by atoms with E-state index in [-0.39, 0.29) is 47.5 Å². The van der Waals surface area contributed by atoms with Gasteiger partial charge in [0.1, 0.15) is 11.5 Å². The second-order valence-electron chi connectivity index (χ2n) is 6.56. The minimum absolute atomic E-state index is 0.0362. The fourth-order valence-corrected chi connectivity index (χ4v) is 4.62. The molecule has 2 heterocycles. The Morgan fingerprint density at radius 1 is 1.30 bits per heavy atom. The summed E-state index contributed by atoms with van der Waals surface area (Å²) < 4.78 is 36.7. The molecule has 7 nitrogen and oxygen atoms in total. The number of carbonyl (C=O) groups excluding carboxylic acids is 1. The van der Waals surface area contributed by atoms with Crippen LogP contribution in [0, 0.1) is 12.7 Å². The minimum Gasteiger partial charge on any atom is -0.350 e. The SMILES string of the molecule is Cc1cc(C(=O)NCCc2ccccc2F)nc(NC2CCS(=O)(=O)C2)n1. The molecule has 1 saturated heterocycles. The van der Waals surface area contributed by atoms with Crippen molar-refractivity contribution in [2.24, 2.45) is 0 Å². The smallest absolute Gasteiger partial charge is 0.270 e. The van der Waals surface area contributed by atoms with Gasteiger partial charge < -0.3 is 10.6 Å². The summed E-state index contributed by atoms with van der Waals surface area (Å²) in [5, 5.41) is 5.71. The summed E-state index contributed by atoms with van der Waals surface area (Å²) in [7, 11) is -3.02. The van der Waals surface area contributed by atoms with Crippen molar-refractivity contribution in [3.8, 4) is 0 Å². The number of nitrogens with one attached hydrogen (secondary N) is 2. The van der Waals surface area contributed by atoms with E-state index >= 15 is 0 Å². The highest BCUT2D eigenvalue weighted by Gasteiger charge is 2.28. The van der Waals surface area contributed by atoms with Crippen LogP contribution in [-0.4, -0.2) is 48.4 Å². The van der Waals surface area contributed by atoms with Crippen LogP contribution >= 0.6 is 0 Å². The largest absolute Gasteiger partial charge is 0.350 e. The van der Waals surface area contributed by atoms with Gasteiger partial charge in [0.05, 0.1) is 11.5 Å². The first-order valence-electron chi connectivity index (χ1n) is 8.67. The quantitative estimate of drug-likeness (QED) is 0.773. The molecule has 1 atom stereocenters. The third kappa shape index (κ3) is 5.22. The first kappa shape index (κ1) is 19.2. The average molecular weight is 392 g/mol. The molecule has 0 bridgehead atoms. The van der Waals surface area contributed by atoms with E-state index in [2.05, 4.69) is 20.6 Å². The van der Waals surface area contributed by atoms with Crippen LogP contribution in [0.1, 0.15) is 28.2 Å². The highest BCUT2D eigenvalue weighted by atomic mass is 32.2. The van der Waals surface area contributed by atoms with Crippen molar-refractivity contribution in [1.82, 2.24) is 15.3 Å². The predicted octanol–water partition coefficient (Wildman–Crippen LogP) is 1.50. The van der Waals surface area contributed by atoms with Crippen LogP contribution in [0.15, 0.2) is 30.3 Å². The van der Waals surface area contributed by atoms with Crippen molar-refractivity contribution in [2.45, 2.75) is 25.8 Å². The van der Waals surface area contributed by atoms with Crippen LogP contribution in [0.5, 0.6) is 0 Å². The van der Waals surface area contributed by atoms with Crippen molar-refractivity contribution in [3.05, 3.63) is 53.1 Å². The zero-order valence-electron chi connectivity index (χ0n) is 14.9. The first-order chi connectivity index (χ1) is 12.8. The van der Waals surface area contributed by atoms with Crippen LogP contribution in [-0.2, 0) is 16.3 Å². The number of aryl methyl sites for hydroxylation is 1. The molecule has 1 aromatic heterocycles. The summed E-state index contributed by atoms with van der Waals surface area (Å²) in [6, 6.07) is 7.71. The summed E-state index contributed by atoms with van der Waals surface area (Å²) in [4.78, 5) is 20.8. The third-order valence-electron chi connectivity index (χ3n) is 4.29. The molecule has 1 aromatic carbocycles. The van der Waals surface area contributed by atoms with Crippen LogP contribution in [0.4, 0.5) is 10.3 Å². The molecule has 27 heavy (non-hydrogen) atoms. The lowest BCUT2D eigenvalue weighted by Crippen LogP contribution is -2.28. The number of carbonyl (C=O) groups is 1. The molecule has 0 aliphatic carbocycles. The number of hydrogen-bond acceptors (Lipinski definition) is 6. The van der Waals surface area contributed by atoms with Crippen molar-refractivity contribution >= 4 is 21.7 Å². The number of halogens is 1. The van der Waals surface area contributed by atoms with E-state index < -0.39 is 9.84 Å². The Balaban J connectivity index is 1.61. The lowest BCUT2D eigenvalue weighted by molar-refractivity contribution is 0.0949. The maximum atomic E-state index is 13.6. The molecule has 0 spiro atoms.